The standard InChI is InChI=1S/C43H59FN2O8Si2/c1-40(2,3)55(9,10)52-29-42(36(54-56(11,12)41(4,5)6)26-37(53-42)46-27-35(44)38(47)45-39(46)48)28-51-43(30-16-14-13-15-17-30,31-18-22-33(49-7)23-19-31)32-20-24-34(50-8)25-21-32/h13-25,27,36-37H,26,28-29H2,1-12H3,(H,45,47,48)/t36-,37+,42+/m0/s1. The van der Waals surface area contributed by atoms with Gasteiger partial charge in [-0.25, -0.2) is 4.79 Å². The number of benzene rings is 3. The summed E-state index contributed by atoms with van der Waals surface area (Å²) in [5.41, 5.74) is -1.92. The van der Waals surface area contributed by atoms with Crippen molar-refractivity contribution in [3.63, 3.8) is 0 Å². The van der Waals surface area contributed by atoms with Crippen LogP contribution in [-0.4, -0.2) is 65.3 Å². The Bertz CT molecular complexity index is 2010. The first-order valence-corrected chi connectivity index (χ1v) is 24.9. The summed E-state index contributed by atoms with van der Waals surface area (Å²) in [6, 6.07) is 25.5. The van der Waals surface area contributed by atoms with E-state index in [2.05, 4.69) is 72.7 Å². The average Bonchev–Trinajstić information content (AvgIpc) is 3.49. The van der Waals surface area contributed by atoms with Crippen LogP contribution in [0.5, 0.6) is 11.5 Å². The minimum atomic E-state index is -2.55. The van der Waals surface area contributed by atoms with E-state index in [1.54, 1.807) is 14.2 Å². The monoisotopic (exact) mass is 806 g/mol. The van der Waals surface area contributed by atoms with Crippen LogP contribution in [0, 0.1) is 5.82 Å². The highest BCUT2D eigenvalue weighted by molar-refractivity contribution is 6.74. The maximum Gasteiger partial charge on any atom is 0.330 e. The van der Waals surface area contributed by atoms with Crippen molar-refractivity contribution >= 4 is 16.6 Å². The van der Waals surface area contributed by atoms with Crippen molar-refractivity contribution in [3.05, 3.63) is 128 Å². The van der Waals surface area contributed by atoms with E-state index in [0.717, 1.165) is 27.5 Å². The van der Waals surface area contributed by atoms with Gasteiger partial charge in [-0.1, -0.05) is 96.1 Å². The molecule has 0 aliphatic carbocycles. The molecule has 10 nitrogen and oxygen atoms in total. The summed E-state index contributed by atoms with van der Waals surface area (Å²) in [6.07, 6.45) is -0.598. The third-order valence-corrected chi connectivity index (χ3v) is 21.0. The molecular weight excluding hydrogens is 748 g/mol. The first-order chi connectivity index (χ1) is 26.1. The molecule has 1 aliphatic heterocycles. The Kier molecular flexibility index (Phi) is 12.5. The summed E-state index contributed by atoms with van der Waals surface area (Å²) in [5, 5.41) is -0.347. The number of hydrogen-bond acceptors (Lipinski definition) is 8. The van der Waals surface area contributed by atoms with Crippen LogP contribution in [0.15, 0.2) is 94.6 Å². The zero-order chi connectivity index (χ0) is 41.3. The van der Waals surface area contributed by atoms with Gasteiger partial charge in [0.25, 0.3) is 5.56 Å². The van der Waals surface area contributed by atoms with Crippen LogP contribution in [0.4, 0.5) is 4.39 Å². The number of H-pyrrole nitrogens is 1. The lowest BCUT2D eigenvalue weighted by Crippen LogP contribution is -2.57. The van der Waals surface area contributed by atoms with E-state index >= 15 is 0 Å². The number of aromatic amines is 1. The Hall–Kier alpha value is -3.86. The highest BCUT2D eigenvalue weighted by Gasteiger charge is 2.57. The molecule has 3 aromatic carbocycles. The van der Waals surface area contributed by atoms with Crippen molar-refractivity contribution in [1.29, 1.82) is 0 Å². The van der Waals surface area contributed by atoms with Gasteiger partial charge in [-0.3, -0.25) is 14.3 Å². The molecular formula is C43H59FN2O8Si2. The molecule has 3 atom stereocenters. The number of nitrogens with zero attached hydrogens (tertiary/aromatic N) is 1. The maximum atomic E-state index is 14.9. The second-order valence-corrected chi connectivity index (χ2v) is 27.3. The predicted octanol–water partition coefficient (Wildman–Crippen LogP) is 8.77. The molecule has 1 fully saturated rings. The Labute approximate surface area is 332 Å². The Morgan fingerprint density at radius 3 is 1.75 bits per heavy atom. The molecule has 4 aromatic rings. The highest BCUT2D eigenvalue weighted by Crippen LogP contribution is 2.49. The number of halogens is 1. The molecule has 1 aromatic heterocycles. The largest absolute Gasteiger partial charge is 0.497 e. The minimum Gasteiger partial charge on any atom is -0.497 e. The van der Waals surface area contributed by atoms with E-state index in [0.29, 0.717) is 11.5 Å². The summed E-state index contributed by atoms with van der Waals surface area (Å²) < 4.78 is 56.0. The van der Waals surface area contributed by atoms with Crippen molar-refractivity contribution in [2.24, 2.45) is 0 Å². The molecule has 0 amide bonds. The summed E-state index contributed by atoms with van der Waals surface area (Å²) in [7, 11) is -1.74. The lowest BCUT2D eigenvalue weighted by atomic mass is 9.79. The van der Waals surface area contributed by atoms with E-state index in [1.165, 1.54) is 0 Å². The Morgan fingerprint density at radius 1 is 0.768 bits per heavy atom. The van der Waals surface area contributed by atoms with Crippen LogP contribution in [0.3, 0.4) is 0 Å². The van der Waals surface area contributed by atoms with E-state index in [4.69, 9.17) is 27.8 Å². The van der Waals surface area contributed by atoms with Crippen molar-refractivity contribution in [3.8, 4) is 11.5 Å². The first-order valence-electron chi connectivity index (χ1n) is 19.1. The van der Waals surface area contributed by atoms with Gasteiger partial charge >= 0.3 is 5.69 Å². The maximum absolute atomic E-state index is 14.9. The summed E-state index contributed by atoms with van der Waals surface area (Å²) >= 11 is 0. The fourth-order valence-electron chi connectivity index (χ4n) is 6.45. The molecule has 1 aliphatic rings. The molecule has 0 spiro atoms. The Balaban J connectivity index is 1.76. The van der Waals surface area contributed by atoms with Crippen molar-refractivity contribution < 1.29 is 32.2 Å². The molecule has 0 unspecified atom stereocenters. The second kappa shape index (κ2) is 16.2. The SMILES string of the molecule is COc1ccc(C(OC[C@]2(CO[Si](C)(C)C(C)(C)C)O[C@@H](n3cc(F)c(=O)[nH]c3=O)C[C@@H]2O[Si](C)(C)C(C)(C)C)(c2ccccc2)c2ccc(OC)cc2)cc1. The topological polar surface area (TPSA) is 110 Å². The number of nitrogens with one attached hydrogen (secondary N) is 1. The first kappa shape index (κ1) is 43.3. The Morgan fingerprint density at radius 2 is 1.27 bits per heavy atom. The fourth-order valence-corrected chi connectivity index (χ4v) is 8.86. The summed E-state index contributed by atoms with van der Waals surface area (Å²) in [4.78, 5) is 27.6. The predicted molar refractivity (Wildman–Crippen MR) is 222 cm³/mol. The van der Waals surface area contributed by atoms with Crippen LogP contribution >= 0.6 is 0 Å². The number of hydrogen-bond donors (Lipinski definition) is 1. The minimum absolute atomic E-state index is 0.0645. The van der Waals surface area contributed by atoms with Gasteiger partial charge in [0.2, 0.25) is 5.82 Å². The normalized spacial score (nSPS) is 19.6. The van der Waals surface area contributed by atoms with Crippen LogP contribution < -0.4 is 20.7 Å². The van der Waals surface area contributed by atoms with Crippen molar-refractivity contribution in [1.82, 2.24) is 9.55 Å². The number of aromatic nitrogens is 2. The number of ether oxygens (including phenoxy) is 4. The van der Waals surface area contributed by atoms with Crippen LogP contribution in [0.2, 0.25) is 36.3 Å². The zero-order valence-corrected chi connectivity index (χ0v) is 37.0. The number of methoxy groups -OCH3 is 2. The van der Waals surface area contributed by atoms with Gasteiger partial charge in [-0.15, -0.1) is 0 Å². The van der Waals surface area contributed by atoms with Gasteiger partial charge in [0.05, 0.1) is 39.7 Å². The quantitative estimate of drug-likeness (QED) is 0.0996. The highest BCUT2D eigenvalue weighted by atomic mass is 28.4. The van der Waals surface area contributed by atoms with Gasteiger partial charge < -0.3 is 27.8 Å². The summed E-state index contributed by atoms with van der Waals surface area (Å²) in [6.45, 7) is 21.6. The lowest BCUT2D eigenvalue weighted by molar-refractivity contribution is -0.174. The van der Waals surface area contributed by atoms with E-state index in [9.17, 15) is 14.0 Å². The van der Waals surface area contributed by atoms with Gasteiger partial charge in [-0.05, 0) is 77.2 Å². The molecule has 304 valence electrons. The van der Waals surface area contributed by atoms with Crippen LogP contribution in [-0.2, 0) is 23.9 Å². The number of rotatable bonds is 14. The second-order valence-electron chi connectivity index (χ2n) is 17.7. The fraction of sp³-hybridized carbons (Fsp3) is 0.488. The molecule has 1 N–H and O–H groups in total. The zero-order valence-electron chi connectivity index (χ0n) is 35.0. The van der Waals surface area contributed by atoms with E-state index in [-0.39, 0.29) is 29.7 Å². The van der Waals surface area contributed by atoms with Crippen LogP contribution in [0.1, 0.15) is 70.9 Å². The molecule has 0 saturated carbocycles. The van der Waals surface area contributed by atoms with Gasteiger partial charge in [-0.2, -0.15) is 4.39 Å². The van der Waals surface area contributed by atoms with Gasteiger partial charge in [0, 0.05) is 6.42 Å². The van der Waals surface area contributed by atoms with Crippen molar-refractivity contribution in [2.75, 3.05) is 27.4 Å². The van der Waals surface area contributed by atoms with Gasteiger partial charge in [0.1, 0.15) is 28.9 Å². The van der Waals surface area contributed by atoms with E-state index in [1.807, 2.05) is 78.9 Å². The smallest absolute Gasteiger partial charge is 0.330 e. The van der Waals surface area contributed by atoms with Crippen LogP contribution in [0.25, 0.3) is 0 Å². The molecule has 13 heteroatoms. The average molecular weight is 807 g/mol. The molecule has 56 heavy (non-hydrogen) atoms. The molecule has 0 bridgehead atoms. The van der Waals surface area contributed by atoms with E-state index < -0.39 is 57.2 Å². The molecule has 5 rings (SSSR count). The molecule has 0 radical (unpaired) electrons. The third kappa shape index (κ3) is 8.68. The lowest BCUT2D eigenvalue weighted by Gasteiger charge is -2.46. The third-order valence-electron chi connectivity index (χ3n) is 12.0. The summed E-state index contributed by atoms with van der Waals surface area (Å²) in [5.74, 6) is 0.282. The van der Waals surface area contributed by atoms with Gasteiger partial charge in [0.15, 0.2) is 16.6 Å². The van der Waals surface area contributed by atoms with Crippen molar-refractivity contribution in [2.45, 2.75) is 108 Å². The molecule has 2 heterocycles. The molecule has 1 saturated heterocycles.